The first-order valence-corrected chi connectivity index (χ1v) is 7.30. The molecule has 0 fully saturated rings. The number of oxazole rings is 1. The average molecular weight is 328 g/mol. The molecule has 24 heavy (non-hydrogen) atoms. The minimum absolute atomic E-state index is 0.106. The van der Waals surface area contributed by atoms with Crippen molar-refractivity contribution < 1.29 is 13.9 Å². The second-order valence-corrected chi connectivity index (χ2v) is 4.95. The van der Waals surface area contributed by atoms with E-state index in [4.69, 9.17) is 9.15 Å². The molecule has 1 N–H and O–H groups in total. The van der Waals surface area contributed by atoms with Crippen LogP contribution in [0.25, 0.3) is 11.4 Å². The van der Waals surface area contributed by atoms with Crippen molar-refractivity contribution in [2.24, 2.45) is 7.05 Å². The summed E-state index contributed by atoms with van der Waals surface area (Å²) in [5, 5.41) is 7.14. The normalized spacial score (nSPS) is 10.6. The van der Waals surface area contributed by atoms with E-state index in [1.54, 1.807) is 37.1 Å². The molecule has 0 aliphatic rings. The lowest BCUT2D eigenvalue weighted by molar-refractivity contribution is 0.0481. The van der Waals surface area contributed by atoms with Crippen LogP contribution in [0.5, 0.6) is 0 Å². The molecule has 0 bridgehead atoms. The lowest BCUT2D eigenvalue weighted by Gasteiger charge is -2.07. The zero-order valence-electron chi connectivity index (χ0n) is 13.5. The topological polar surface area (TPSA) is 108 Å². The number of carbonyl (C=O) groups is 1. The van der Waals surface area contributed by atoms with Crippen molar-refractivity contribution in [1.82, 2.24) is 24.7 Å². The fourth-order valence-electron chi connectivity index (χ4n) is 2.04. The summed E-state index contributed by atoms with van der Waals surface area (Å²) in [6.07, 6.45) is 4.70. The van der Waals surface area contributed by atoms with Gasteiger partial charge in [-0.15, -0.1) is 0 Å². The van der Waals surface area contributed by atoms with Crippen LogP contribution in [0.3, 0.4) is 0 Å². The number of hydrogen-bond donors (Lipinski definition) is 1. The molecule has 3 heterocycles. The van der Waals surface area contributed by atoms with Gasteiger partial charge in [-0.05, 0) is 19.4 Å². The second-order valence-electron chi connectivity index (χ2n) is 4.95. The smallest absolute Gasteiger partial charge is 0.394 e. The molecular formula is C15H16N6O3. The Morgan fingerprint density at radius 3 is 2.96 bits per heavy atom. The molecule has 0 aromatic carbocycles. The molecule has 3 rings (SSSR count). The van der Waals surface area contributed by atoms with E-state index in [9.17, 15) is 4.79 Å². The Bertz CT molecular complexity index is 870. The maximum absolute atomic E-state index is 11.7. The number of nitrogens with one attached hydrogen (secondary N) is 1. The number of hydrogen-bond acceptors (Lipinski definition) is 8. The van der Waals surface area contributed by atoms with Crippen molar-refractivity contribution in [2.45, 2.75) is 13.8 Å². The number of ether oxygens (including phenoxy) is 1. The number of anilines is 2. The summed E-state index contributed by atoms with van der Waals surface area (Å²) in [5.74, 6) is 0.423. The summed E-state index contributed by atoms with van der Waals surface area (Å²) < 4.78 is 11.7. The molecule has 9 nitrogen and oxygen atoms in total. The number of aromatic nitrogens is 5. The van der Waals surface area contributed by atoms with Gasteiger partial charge in [-0.1, -0.05) is 0 Å². The van der Waals surface area contributed by atoms with Gasteiger partial charge in [-0.2, -0.15) is 5.10 Å². The Morgan fingerprint density at radius 1 is 1.42 bits per heavy atom. The van der Waals surface area contributed by atoms with Crippen LogP contribution in [0, 0.1) is 6.92 Å². The molecule has 0 saturated heterocycles. The Balaban J connectivity index is 1.89. The van der Waals surface area contributed by atoms with E-state index in [0.717, 1.165) is 11.4 Å². The predicted octanol–water partition coefficient (Wildman–Crippen LogP) is 2.09. The fraction of sp³-hybridized carbons (Fsp3) is 0.267. The van der Waals surface area contributed by atoms with E-state index in [2.05, 4.69) is 25.4 Å². The van der Waals surface area contributed by atoms with Crippen molar-refractivity contribution in [3.63, 3.8) is 0 Å². The molecule has 3 aromatic rings. The molecule has 0 aliphatic carbocycles. The number of rotatable bonds is 5. The lowest BCUT2D eigenvalue weighted by atomic mass is 10.2. The van der Waals surface area contributed by atoms with Crippen LogP contribution in [-0.4, -0.2) is 37.3 Å². The highest BCUT2D eigenvalue weighted by Crippen LogP contribution is 2.22. The summed E-state index contributed by atoms with van der Waals surface area (Å²) >= 11 is 0. The van der Waals surface area contributed by atoms with Crippen LogP contribution in [-0.2, 0) is 11.8 Å². The Kier molecular flexibility index (Phi) is 4.23. The van der Waals surface area contributed by atoms with Crippen LogP contribution < -0.4 is 5.32 Å². The van der Waals surface area contributed by atoms with Crippen LogP contribution in [0.4, 0.5) is 11.8 Å². The monoisotopic (exact) mass is 328 g/mol. The number of carbonyl (C=O) groups excluding carboxylic acids is 1. The zero-order valence-corrected chi connectivity index (χ0v) is 13.5. The molecule has 0 aliphatic heterocycles. The molecule has 0 atom stereocenters. The molecule has 0 radical (unpaired) electrons. The first kappa shape index (κ1) is 15.7. The van der Waals surface area contributed by atoms with Crippen molar-refractivity contribution in [3.05, 3.63) is 36.2 Å². The van der Waals surface area contributed by atoms with Gasteiger partial charge in [0.25, 0.3) is 0 Å². The molecule has 0 spiro atoms. The Morgan fingerprint density at radius 2 is 2.25 bits per heavy atom. The van der Waals surface area contributed by atoms with Gasteiger partial charge >= 0.3 is 11.9 Å². The third-order valence-electron chi connectivity index (χ3n) is 3.23. The van der Waals surface area contributed by atoms with Crippen molar-refractivity contribution in [2.75, 3.05) is 11.9 Å². The van der Waals surface area contributed by atoms with E-state index in [1.165, 1.54) is 6.26 Å². The summed E-state index contributed by atoms with van der Waals surface area (Å²) in [6, 6.07) is 1.80. The largest absolute Gasteiger partial charge is 0.459 e. The quantitative estimate of drug-likeness (QED) is 0.709. The van der Waals surface area contributed by atoms with Crippen LogP contribution in [0.1, 0.15) is 23.2 Å². The van der Waals surface area contributed by atoms with Crippen molar-refractivity contribution >= 4 is 17.7 Å². The van der Waals surface area contributed by atoms with Gasteiger partial charge in [0.2, 0.25) is 5.95 Å². The van der Waals surface area contributed by atoms with Gasteiger partial charge in [0, 0.05) is 19.3 Å². The molecule has 9 heteroatoms. The maximum atomic E-state index is 11.7. The number of aryl methyl sites for hydroxylation is 2. The van der Waals surface area contributed by atoms with Crippen LogP contribution in [0.2, 0.25) is 0 Å². The van der Waals surface area contributed by atoms with Gasteiger partial charge < -0.3 is 14.5 Å². The minimum Gasteiger partial charge on any atom is -0.459 e. The zero-order chi connectivity index (χ0) is 17.1. The molecule has 3 aromatic heterocycles. The standard InChI is InChI=1S/C15H16N6O3/c1-4-23-14(22)13-18-10(8-24-13)12-9(2)7-16-15(20-12)19-11-5-6-17-21(11)3/h5-8H,4H2,1-3H3,(H,16,19,20). The van der Waals surface area contributed by atoms with E-state index in [0.29, 0.717) is 17.3 Å². The fourth-order valence-corrected chi connectivity index (χ4v) is 2.04. The van der Waals surface area contributed by atoms with Crippen molar-refractivity contribution in [3.8, 4) is 11.4 Å². The summed E-state index contributed by atoms with van der Waals surface area (Å²) in [5.41, 5.74) is 1.80. The van der Waals surface area contributed by atoms with Crippen molar-refractivity contribution in [1.29, 1.82) is 0 Å². The third-order valence-corrected chi connectivity index (χ3v) is 3.23. The van der Waals surface area contributed by atoms with Gasteiger partial charge in [-0.3, -0.25) is 4.68 Å². The highest BCUT2D eigenvalue weighted by molar-refractivity contribution is 5.85. The number of esters is 1. The Labute approximate surface area is 137 Å². The first-order chi connectivity index (χ1) is 11.6. The molecule has 0 amide bonds. The highest BCUT2D eigenvalue weighted by Gasteiger charge is 2.17. The second kappa shape index (κ2) is 6.49. The summed E-state index contributed by atoms with van der Waals surface area (Å²) in [4.78, 5) is 24.5. The number of nitrogens with zero attached hydrogens (tertiary/aromatic N) is 5. The Hall–Kier alpha value is -3.23. The lowest BCUT2D eigenvalue weighted by Crippen LogP contribution is -2.05. The van der Waals surface area contributed by atoms with E-state index >= 15 is 0 Å². The minimum atomic E-state index is -0.608. The third kappa shape index (κ3) is 3.09. The van der Waals surface area contributed by atoms with Gasteiger partial charge in [0.1, 0.15) is 23.5 Å². The molecule has 0 unspecified atom stereocenters. The maximum Gasteiger partial charge on any atom is 0.394 e. The van der Waals surface area contributed by atoms with Gasteiger partial charge in [0.05, 0.1) is 12.8 Å². The van der Waals surface area contributed by atoms with Crippen LogP contribution >= 0.6 is 0 Å². The van der Waals surface area contributed by atoms with E-state index < -0.39 is 5.97 Å². The molecule has 0 saturated carbocycles. The molecular weight excluding hydrogens is 312 g/mol. The SMILES string of the molecule is CCOC(=O)c1nc(-c2nc(Nc3ccnn3C)ncc2C)co1. The summed E-state index contributed by atoms with van der Waals surface area (Å²) in [7, 11) is 1.81. The highest BCUT2D eigenvalue weighted by atomic mass is 16.5. The average Bonchev–Trinajstić information content (AvgIpc) is 3.19. The van der Waals surface area contributed by atoms with E-state index in [-0.39, 0.29) is 12.5 Å². The molecule has 124 valence electrons. The first-order valence-electron chi connectivity index (χ1n) is 7.30. The summed E-state index contributed by atoms with van der Waals surface area (Å²) in [6.45, 7) is 3.82. The van der Waals surface area contributed by atoms with Gasteiger partial charge in [0.15, 0.2) is 0 Å². The van der Waals surface area contributed by atoms with E-state index in [1.807, 2.05) is 6.92 Å². The predicted molar refractivity (Wildman–Crippen MR) is 84.7 cm³/mol. The van der Waals surface area contributed by atoms with Crippen LogP contribution in [0.15, 0.2) is 29.1 Å². The van der Waals surface area contributed by atoms with Gasteiger partial charge in [-0.25, -0.2) is 19.7 Å².